The van der Waals surface area contributed by atoms with Crippen molar-refractivity contribution in [3.05, 3.63) is 12.8 Å². The Morgan fingerprint density at radius 2 is 2.56 bits per heavy atom. The Labute approximate surface area is 55.0 Å². The highest BCUT2D eigenvalue weighted by molar-refractivity contribution is 6.27. The second-order valence-corrected chi connectivity index (χ2v) is 1.40. The van der Waals surface area contributed by atoms with Crippen molar-refractivity contribution >= 4 is 12.1 Å². The molecule has 50 valence electrons. The van der Waals surface area contributed by atoms with Crippen LogP contribution in [0.1, 0.15) is 6.92 Å². The first-order valence-electron chi connectivity index (χ1n) is 2.77. The Hall–Kier alpha value is -1.12. The van der Waals surface area contributed by atoms with Crippen LogP contribution in [-0.4, -0.2) is 18.6 Å². The number of nitrogens with one attached hydrogen (secondary N) is 2. The number of hydrogen-bond acceptors (Lipinski definition) is 2. The van der Waals surface area contributed by atoms with E-state index in [0.29, 0.717) is 5.84 Å². The fourth-order valence-electron chi connectivity index (χ4n) is 0.363. The average molecular weight is 125 g/mol. The molecule has 3 nitrogen and oxygen atoms in total. The largest absolute Gasteiger partial charge is 0.370 e. The van der Waals surface area contributed by atoms with Gasteiger partial charge in [-0.05, 0) is 6.92 Å². The van der Waals surface area contributed by atoms with Crippen LogP contribution in [0.15, 0.2) is 17.8 Å². The Balaban J connectivity index is 3.49. The van der Waals surface area contributed by atoms with E-state index in [0.717, 1.165) is 6.54 Å². The normalized spacial score (nSPS) is 9.44. The molecular weight excluding hydrogens is 114 g/mol. The van der Waals surface area contributed by atoms with E-state index in [1.807, 2.05) is 6.92 Å². The van der Waals surface area contributed by atoms with Crippen LogP contribution < -0.4 is 5.32 Å². The van der Waals surface area contributed by atoms with Crippen molar-refractivity contribution in [2.45, 2.75) is 6.92 Å². The number of aliphatic imine (C=N–C) groups is 1. The molecule has 0 spiro atoms. The molecule has 0 aromatic carbocycles. The maximum absolute atomic E-state index is 7.08. The van der Waals surface area contributed by atoms with E-state index in [1.165, 1.54) is 12.4 Å². The van der Waals surface area contributed by atoms with Crippen molar-refractivity contribution in [3.8, 4) is 0 Å². The molecule has 0 aromatic rings. The maximum atomic E-state index is 7.08. The van der Waals surface area contributed by atoms with Gasteiger partial charge in [-0.1, -0.05) is 6.58 Å². The van der Waals surface area contributed by atoms with Gasteiger partial charge in [0.1, 0.15) is 5.84 Å². The zero-order chi connectivity index (χ0) is 7.11. The van der Waals surface area contributed by atoms with Gasteiger partial charge < -0.3 is 5.32 Å². The van der Waals surface area contributed by atoms with Gasteiger partial charge >= 0.3 is 0 Å². The molecule has 0 bridgehead atoms. The summed E-state index contributed by atoms with van der Waals surface area (Å²) in [5.41, 5.74) is 0. The standard InChI is InChI=1S/C6H11N3/c1-3-8-5-6(7)9-4-2/h3,5H,1,4H2,2H3,(H2,7,9)/b8-5-. The zero-order valence-electron chi connectivity index (χ0n) is 5.52. The van der Waals surface area contributed by atoms with Crippen LogP contribution in [0.2, 0.25) is 0 Å². The Morgan fingerprint density at radius 1 is 1.89 bits per heavy atom. The lowest BCUT2D eigenvalue weighted by atomic mass is 10.6. The van der Waals surface area contributed by atoms with E-state index in [-0.39, 0.29) is 0 Å². The van der Waals surface area contributed by atoms with Crippen LogP contribution in [0.5, 0.6) is 0 Å². The van der Waals surface area contributed by atoms with Gasteiger partial charge in [0.15, 0.2) is 0 Å². The number of nitrogens with zero attached hydrogens (tertiary/aromatic N) is 1. The van der Waals surface area contributed by atoms with Gasteiger partial charge in [-0.25, -0.2) is 0 Å². The molecule has 3 heteroatoms. The summed E-state index contributed by atoms with van der Waals surface area (Å²) in [5, 5.41) is 9.85. The van der Waals surface area contributed by atoms with Crippen LogP contribution in [0, 0.1) is 5.41 Å². The molecule has 0 saturated heterocycles. The van der Waals surface area contributed by atoms with Crippen LogP contribution in [0.3, 0.4) is 0 Å². The van der Waals surface area contributed by atoms with E-state index >= 15 is 0 Å². The molecule has 2 N–H and O–H groups in total. The number of hydrogen-bond donors (Lipinski definition) is 2. The fraction of sp³-hybridized carbons (Fsp3) is 0.333. The van der Waals surface area contributed by atoms with E-state index in [2.05, 4.69) is 16.9 Å². The summed E-state index contributed by atoms with van der Waals surface area (Å²) in [6.45, 7) is 6.05. The van der Waals surface area contributed by atoms with Crippen LogP contribution in [-0.2, 0) is 0 Å². The van der Waals surface area contributed by atoms with Gasteiger partial charge in [0.25, 0.3) is 0 Å². The van der Waals surface area contributed by atoms with Crippen LogP contribution in [0.4, 0.5) is 0 Å². The molecule has 0 aliphatic heterocycles. The molecule has 0 rings (SSSR count). The van der Waals surface area contributed by atoms with E-state index < -0.39 is 0 Å². The summed E-state index contributed by atoms with van der Waals surface area (Å²) in [4.78, 5) is 3.64. The van der Waals surface area contributed by atoms with Crippen LogP contribution in [0.25, 0.3) is 0 Å². The van der Waals surface area contributed by atoms with Crippen molar-refractivity contribution < 1.29 is 0 Å². The molecule has 0 aromatic heterocycles. The van der Waals surface area contributed by atoms with Crippen molar-refractivity contribution in [2.24, 2.45) is 4.99 Å². The molecule has 0 amide bonds. The quantitative estimate of drug-likeness (QED) is 0.425. The summed E-state index contributed by atoms with van der Waals surface area (Å²) in [7, 11) is 0. The van der Waals surface area contributed by atoms with E-state index in [1.54, 1.807) is 0 Å². The monoisotopic (exact) mass is 125 g/mol. The van der Waals surface area contributed by atoms with Crippen molar-refractivity contribution in [1.82, 2.24) is 5.32 Å². The van der Waals surface area contributed by atoms with Crippen molar-refractivity contribution in [1.29, 1.82) is 5.41 Å². The molecule has 0 atom stereocenters. The summed E-state index contributed by atoms with van der Waals surface area (Å²) < 4.78 is 0. The molecule has 0 aliphatic rings. The Kier molecular flexibility index (Phi) is 4.40. The molecule has 0 saturated carbocycles. The lowest BCUT2D eigenvalue weighted by molar-refractivity contribution is 0.970. The van der Waals surface area contributed by atoms with Gasteiger partial charge in [-0.3, -0.25) is 10.4 Å². The smallest absolute Gasteiger partial charge is 0.136 e. The Bertz CT molecular complexity index is 126. The summed E-state index contributed by atoms with van der Waals surface area (Å²) in [6.07, 6.45) is 2.81. The predicted octanol–water partition coefficient (Wildman–Crippen LogP) is 0.787. The van der Waals surface area contributed by atoms with Gasteiger partial charge in [0.2, 0.25) is 0 Å². The second kappa shape index (κ2) is 5.03. The summed E-state index contributed by atoms with van der Waals surface area (Å²) in [5.74, 6) is 0.317. The first-order chi connectivity index (χ1) is 4.31. The lowest BCUT2D eigenvalue weighted by Gasteiger charge is -1.94. The fourth-order valence-corrected chi connectivity index (χ4v) is 0.363. The van der Waals surface area contributed by atoms with Crippen LogP contribution >= 0.6 is 0 Å². The van der Waals surface area contributed by atoms with Crippen molar-refractivity contribution in [3.63, 3.8) is 0 Å². The maximum Gasteiger partial charge on any atom is 0.136 e. The predicted molar refractivity (Wildman–Crippen MR) is 40.1 cm³/mol. The van der Waals surface area contributed by atoms with Gasteiger partial charge in [0, 0.05) is 12.7 Å². The summed E-state index contributed by atoms with van der Waals surface area (Å²) >= 11 is 0. The first-order valence-corrected chi connectivity index (χ1v) is 2.77. The van der Waals surface area contributed by atoms with Gasteiger partial charge in [-0.2, -0.15) is 0 Å². The molecule has 0 fully saturated rings. The third-order valence-electron chi connectivity index (χ3n) is 0.676. The number of amidine groups is 1. The third-order valence-corrected chi connectivity index (χ3v) is 0.676. The Morgan fingerprint density at radius 3 is 3.00 bits per heavy atom. The molecule has 0 heterocycles. The summed E-state index contributed by atoms with van der Waals surface area (Å²) in [6, 6.07) is 0. The molecule has 0 unspecified atom stereocenters. The number of rotatable bonds is 3. The highest BCUT2D eigenvalue weighted by Crippen LogP contribution is 1.65. The van der Waals surface area contributed by atoms with Gasteiger partial charge in [-0.15, -0.1) is 0 Å². The average Bonchev–Trinajstić information content (AvgIpc) is 1.85. The molecule has 0 aliphatic carbocycles. The van der Waals surface area contributed by atoms with E-state index in [4.69, 9.17) is 5.41 Å². The lowest BCUT2D eigenvalue weighted by Crippen LogP contribution is -2.22. The molecule has 9 heavy (non-hydrogen) atoms. The minimum absolute atomic E-state index is 0.317. The minimum Gasteiger partial charge on any atom is -0.370 e. The highest BCUT2D eigenvalue weighted by Gasteiger charge is 1.82. The minimum atomic E-state index is 0.317. The second-order valence-electron chi connectivity index (χ2n) is 1.40. The van der Waals surface area contributed by atoms with E-state index in [9.17, 15) is 0 Å². The SMILES string of the molecule is C=C/N=C\C(=N)NCC. The molecular formula is C6H11N3. The molecule has 0 radical (unpaired) electrons. The first kappa shape index (κ1) is 7.88. The van der Waals surface area contributed by atoms with Crippen molar-refractivity contribution in [2.75, 3.05) is 6.54 Å². The van der Waals surface area contributed by atoms with Gasteiger partial charge in [0.05, 0.1) is 6.21 Å². The zero-order valence-corrected chi connectivity index (χ0v) is 5.52. The topological polar surface area (TPSA) is 48.2 Å². The third kappa shape index (κ3) is 4.74. The highest BCUT2D eigenvalue weighted by atomic mass is 14.9.